The summed E-state index contributed by atoms with van der Waals surface area (Å²) in [6.45, 7) is 0.506. The van der Waals surface area contributed by atoms with Crippen LogP contribution in [0.1, 0.15) is 18.4 Å². The molecular formula is C11H14N4O2S. The Morgan fingerprint density at radius 3 is 2.50 bits per heavy atom. The quantitative estimate of drug-likeness (QED) is 0.626. The van der Waals surface area contributed by atoms with Crippen molar-refractivity contribution in [2.45, 2.75) is 18.6 Å². The minimum Gasteiger partial charge on any atom is -0.228 e. The summed E-state index contributed by atoms with van der Waals surface area (Å²) in [6.07, 6.45) is 1.15. The Balaban J connectivity index is 2.53. The van der Waals surface area contributed by atoms with Crippen molar-refractivity contribution in [1.29, 1.82) is 5.26 Å². The van der Waals surface area contributed by atoms with Crippen molar-refractivity contribution in [2.75, 3.05) is 6.54 Å². The van der Waals surface area contributed by atoms with Crippen LogP contribution in [0.3, 0.4) is 0 Å². The number of nitrogens with zero attached hydrogens (tertiary/aromatic N) is 3. The summed E-state index contributed by atoms with van der Waals surface area (Å²) in [5.41, 5.74) is 1.26. The number of hydrogen-bond donors (Lipinski definition) is 1. The van der Waals surface area contributed by atoms with Crippen molar-refractivity contribution < 1.29 is 8.42 Å². The minimum absolute atomic E-state index is 0.188. The minimum atomic E-state index is -3.50. The van der Waals surface area contributed by atoms with Crippen molar-refractivity contribution in [3.05, 3.63) is 29.8 Å². The van der Waals surface area contributed by atoms with E-state index in [2.05, 4.69) is 10.2 Å². The Labute approximate surface area is 106 Å². The smallest absolute Gasteiger partial charge is 0.213 e. The lowest BCUT2D eigenvalue weighted by molar-refractivity contribution is 0.597. The van der Waals surface area contributed by atoms with E-state index in [9.17, 15) is 8.42 Å². The molecule has 0 atom stereocenters. The van der Waals surface area contributed by atoms with Crippen LogP contribution in [-0.4, -0.2) is 15.0 Å². The highest BCUT2D eigenvalue weighted by Crippen LogP contribution is 2.14. The van der Waals surface area contributed by atoms with Crippen LogP contribution >= 0.6 is 0 Å². The fourth-order valence-electron chi connectivity index (χ4n) is 1.25. The first-order valence-electron chi connectivity index (χ1n) is 5.35. The average Bonchev–Trinajstić information content (AvgIpc) is 2.29. The summed E-state index contributed by atoms with van der Waals surface area (Å²) in [7, 11) is -3.50. The summed E-state index contributed by atoms with van der Waals surface area (Å²) in [5, 5.41) is 21.1. The van der Waals surface area contributed by atoms with E-state index in [1.165, 1.54) is 0 Å². The molecule has 1 aromatic carbocycles. The van der Waals surface area contributed by atoms with Gasteiger partial charge < -0.3 is 0 Å². The van der Waals surface area contributed by atoms with Crippen LogP contribution in [0, 0.1) is 11.3 Å². The predicted octanol–water partition coefficient (Wildman–Crippen LogP) is 1.86. The molecule has 0 amide bonds. The molecule has 96 valence electrons. The molecule has 0 aliphatic heterocycles. The third-order valence-electron chi connectivity index (χ3n) is 2.04. The van der Waals surface area contributed by atoms with E-state index in [1.807, 2.05) is 6.07 Å². The zero-order valence-electron chi connectivity index (χ0n) is 9.78. The average molecular weight is 266 g/mol. The van der Waals surface area contributed by atoms with Crippen LogP contribution in [0.25, 0.3) is 0 Å². The number of hydrogen-bond acceptors (Lipinski definition) is 5. The number of nitriles is 1. The van der Waals surface area contributed by atoms with E-state index < -0.39 is 10.0 Å². The van der Waals surface area contributed by atoms with Gasteiger partial charge in [0.15, 0.2) is 0 Å². The van der Waals surface area contributed by atoms with Crippen LogP contribution < -0.4 is 5.14 Å². The molecule has 0 aliphatic carbocycles. The van der Waals surface area contributed by atoms with Gasteiger partial charge in [-0.3, -0.25) is 0 Å². The van der Waals surface area contributed by atoms with Crippen molar-refractivity contribution in [3.8, 4) is 6.07 Å². The summed E-state index contributed by atoms with van der Waals surface area (Å²) in [4.78, 5) is 0. The first-order valence-corrected chi connectivity index (χ1v) is 7.07. The number of rotatable bonds is 6. The fraction of sp³-hybridized carbons (Fsp3) is 0.364. The van der Waals surface area contributed by atoms with E-state index in [0.717, 1.165) is 0 Å². The number of primary sulfonamides is 1. The molecule has 0 spiro atoms. The molecule has 6 nitrogen and oxygen atoms in total. The highest BCUT2D eigenvalue weighted by molar-refractivity contribution is 7.88. The molecule has 7 heteroatoms. The fourth-order valence-corrected chi connectivity index (χ4v) is 1.91. The van der Waals surface area contributed by atoms with Crippen molar-refractivity contribution in [2.24, 2.45) is 15.4 Å². The molecular weight excluding hydrogens is 252 g/mol. The van der Waals surface area contributed by atoms with Gasteiger partial charge in [0, 0.05) is 6.42 Å². The molecule has 0 saturated heterocycles. The van der Waals surface area contributed by atoms with Gasteiger partial charge in [-0.1, -0.05) is 12.1 Å². The number of sulfonamides is 1. The maximum atomic E-state index is 10.9. The zero-order chi connectivity index (χ0) is 13.4. The van der Waals surface area contributed by atoms with Crippen molar-refractivity contribution in [1.82, 2.24) is 0 Å². The molecule has 18 heavy (non-hydrogen) atoms. The Hall–Kier alpha value is -1.78. The second kappa shape index (κ2) is 6.83. The molecule has 1 rings (SSSR count). The lowest BCUT2D eigenvalue weighted by Crippen LogP contribution is -2.14. The zero-order valence-corrected chi connectivity index (χ0v) is 10.6. The van der Waals surface area contributed by atoms with Gasteiger partial charge in [-0.15, -0.1) is 0 Å². The summed E-state index contributed by atoms with van der Waals surface area (Å²) in [6, 6.07) is 8.67. The number of nitrogens with two attached hydrogens (primary N) is 1. The van der Waals surface area contributed by atoms with E-state index in [0.29, 0.717) is 30.6 Å². The summed E-state index contributed by atoms with van der Waals surface area (Å²) < 4.78 is 21.7. The van der Waals surface area contributed by atoms with Crippen LogP contribution in [0.4, 0.5) is 5.69 Å². The van der Waals surface area contributed by atoms with E-state index in [4.69, 9.17) is 10.4 Å². The number of unbranched alkanes of at least 4 members (excludes halogenated alkanes) is 1. The Morgan fingerprint density at radius 1 is 1.28 bits per heavy atom. The lowest BCUT2D eigenvalue weighted by atomic mass is 10.2. The lowest BCUT2D eigenvalue weighted by Gasteiger charge is -1.99. The molecule has 0 aliphatic rings. The SMILES string of the molecule is N#CCCCN=Nc1ccc(CS(N)(=O)=O)cc1. The predicted molar refractivity (Wildman–Crippen MR) is 67.5 cm³/mol. The van der Waals surface area contributed by atoms with Gasteiger partial charge in [0.25, 0.3) is 0 Å². The number of benzene rings is 1. The highest BCUT2D eigenvalue weighted by Gasteiger charge is 2.04. The summed E-state index contributed by atoms with van der Waals surface area (Å²) >= 11 is 0. The molecule has 0 radical (unpaired) electrons. The van der Waals surface area contributed by atoms with Gasteiger partial charge in [0.2, 0.25) is 10.0 Å². The van der Waals surface area contributed by atoms with E-state index in [1.54, 1.807) is 24.3 Å². The molecule has 0 heterocycles. The van der Waals surface area contributed by atoms with Gasteiger partial charge in [0.05, 0.1) is 24.1 Å². The topological polar surface area (TPSA) is 109 Å². The van der Waals surface area contributed by atoms with Gasteiger partial charge in [-0.25, -0.2) is 13.6 Å². The standard InChI is InChI=1S/C11H14N4O2S/c12-7-1-2-8-14-15-11-5-3-10(4-6-11)9-18(13,16)17/h3-6H,1-2,8-9H2,(H2,13,16,17). The Bertz CT molecular complexity index is 543. The molecule has 0 unspecified atom stereocenters. The Kier molecular flexibility index (Phi) is 5.42. The van der Waals surface area contributed by atoms with E-state index in [-0.39, 0.29) is 5.75 Å². The van der Waals surface area contributed by atoms with Crippen molar-refractivity contribution in [3.63, 3.8) is 0 Å². The van der Waals surface area contributed by atoms with Crippen molar-refractivity contribution >= 4 is 15.7 Å². The molecule has 0 bridgehead atoms. The first kappa shape index (κ1) is 14.3. The summed E-state index contributed by atoms with van der Waals surface area (Å²) in [5.74, 6) is -0.188. The van der Waals surface area contributed by atoms with Crippen LogP contribution in [0.15, 0.2) is 34.5 Å². The second-order valence-corrected chi connectivity index (χ2v) is 5.31. The van der Waals surface area contributed by atoms with Gasteiger partial charge in [-0.2, -0.15) is 15.5 Å². The Morgan fingerprint density at radius 2 is 1.94 bits per heavy atom. The van der Waals surface area contributed by atoms with E-state index >= 15 is 0 Å². The maximum absolute atomic E-state index is 10.9. The van der Waals surface area contributed by atoms with Gasteiger partial charge in [0.1, 0.15) is 0 Å². The first-order chi connectivity index (χ1) is 8.51. The molecule has 0 fully saturated rings. The normalized spacial score (nSPS) is 11.6. The highest BCUT2D eigenvalue weighted by atomic mass is 32.2. The second-order valence-electron chi connectivity index (χ2n) is 3.70. The maximum Gasteiger partial charge on any atom is 0.213 e. The van der Waals surface area contributed by atoms with Gasteiger partial charge in [-0.05, 0) is 24.1 Å². The number of azo groups is 1. The van der Waals surface area contributed by atoms with Gasteiger partial charge >= 0.3 is 0 Å². The molecule has 1 aromatic rings. The van der Waals surface area contributed by atoms with Crippen LogP contribution in [0.5, 0.6) is 0 Å². The molecule has 0 saturated carbocycles. The third kappa shape index (κ3) is 6.08. The largest absolute Gasteiger partial charge is 0.228 e. The third-order valence-corrected chi connectivity index (χ3v) is 2.77. The molecule has 2 N–H and O–H groups in total. The van der Waals surface area contributed by atoms with Crippen LogP contribution in [-0.2, 0) is 15.8 Å². The monoisotopic (exact) mass is 266 g/mol. The molecule has 0 aromatic heterocycles. The van der Waals surface area contributed by atoms with Crippen LogP contribution in [0.2, 0.25) is 0 Å².